The van der Waals surface area contributed by atoms with Crippen molar-refractivity contribution in [3.8, 4) is 5.75 Å². The Kier molecular flexibility index (Phi) is 5.59. The van der Waals surface area contributed by atoms with E-state index < -0.39 is 0 Å². The van der Waals surface area contributed by atoms with E-state index in [9.17, 15) is 4.39 Å². The molecule has 0 aliphatic rings. The fourth-order valence-corrected chi connectivity index (χ4v) is 2.91. The Labute approximate surface area is 138 Å². The van der Waals surface area contributed by atoms with E-state index in [1.807, 2.05) is 31.2 Å². The predicted molar refractivity (Wildman–Crippen MR) is 94.7 cm³/mol. The van der Waals surface area contributed by atoms with Gasteiger partial charge in [-0.2, -0.15) is 0 Å². The van der Waals surface area contributed by atoms with Crippen molar-refractivity contribution >= 4 is 0 Å². The van der Waals surface area contributed by atoms with Gasteiger partial charge in [0.25, 0.3) is 0 Å². The van der Waals surface area contributed by atoms with Crippen LogP contribution in [0.5, 0.6) is 5.75 Å². The third-order valence-electron chi connectivity index (χ3n) is 4.06. The zero-order valence-electron chi connectivity index (χ0n) is 14.6. The molecule has 0 saturated heterocycles. The standard InChI is InChI=1S/C21H25FO/c1-14(2)10-18(13-17-7-6-15(3)11-21(17)22)20-9-8-19(23-5)12-16(20)4/h6-12,18H,13H2,1-5H3. The van der Waals surface area contributed by atoms with Crippen LogP contribution in [0.1, 0.15) is 42.0 Å². The number of rotatable bonds is 5. The molecule has 0 saturated carbocycles. The summed E-state index contributed by atoms with van der Waals surface area (Å²) in [4.78, 5) is 0. The molecule has 0 radical (unpaired) electrons. The van der Waals surface area contributed by atoms with Crippen LogP contribution in [0.25, 0.3) is 0 Å². The summed E-state index contributed by atoms with van der Waals surface area (Å²) in [6, 6.07) is 11.6. The van der Waals surface area contributed by atoms with Crippen LogP contribution in [-0.2, 0) is 6.42 Å². The molecule has 0 heterocycles. The number of methoxy groups -OCH3 is 1. The smallest absolute Gasteiger partial charge is 0.126 e. The van der Waals surface area contributed by atoms with Crippen molar-refractivity contribution in [2.75, 3.05) is 7.11 Å². The molecule has 1 atom stereocenters. The van der Waals surface area contributed by atoms with Crippen molar-refractivity contribution in [1.82, 2.24) is 0 Å². The quantitative estimate of drug-likeness (QED) is 0.639. The van der Waals surface area contributed by atoms with Gasteiger partial charge in [0.2, 0.25) is 0 Å². The molecule has 0 aromatic heterocycles. The maximum Gasteiger partial charge on any atom is 0.126 e. The fraction of sp³-hybridized carbons (Fsp3) is 0.333. The normalized spacial score (nSPS) is 11.9. The van der Waals surface area contributed by atoms with E-state index in [1.165, 1.54) is 16.7 Å². The molecular weight excluding hydrogens is 287 g/mol. The molecule has 23 heavy (non-hydrogen) atoms. The summed E-state index contributed by atoms with van der Waals surface area (Å²) in [5.74, 6) is 0.884. The van der Waals surface area contributed by atoms with Gasteiger partial charge >= 0.3 is 0 Å². The second-order valence-corrected chi connectivity index (χ2v) is 6.37. The van der Waals surface area contributed by atoms with Crippen molar-refractivity contribution in [2.45, 2.75) is 40.0 Å². The van der Waals surface area contributed by atoms with E-state index in [2.05, 4.69) is 32.9 Å². The number of halogens is 1. The van der Waals surface area contributed by atoms with Crippen LogP contribution in [0.3, 0.4) is 0 Å². The second kappa shape index (κ2) is 7.45. The van der Waals surface area contributed by atoms with E-state index in [1.54, 1.807) is 13.2 Å². The van der Waals surface area contributed by atoms with E-state index in [-0.39, 0.29) is 11.7 Å². The van der Waals surface area contributed by atoms with E-state index >= 15 is 0 Å². The van der Waals surface area contributed by atoms with E-state index in [0.717, 1.165) is 16.9 Å². The first-order chi connectivity index (χ1) is 10.9. The molecule has 0 spiro atoms. The lowest BCUT2D eigenvalue weighted by Crippen LogP contribution is -2.05. The Morgan fingerprint density at radius 2 is 1.87 bits per heavy atom. The summed E-state index contributed by atoms with van der Waals surface area (Å²) >= 11 is 0. The summed E-state index contributed by atoms with van der Waals surface area (Å²) in [5, 5.41) is 0. The molecule has 0 N–H and O–H groups in total. The Bertz CT molecular complexity index is 712. The van der Waals surface area contributed by atoms with Gasteiger partial charge in [-0.15, -0.1) is 0 Å². The first-order valence-electron chi connectivity index (χ1n) is 7.95. The Balaban J connectivity index is 2.39. The van der Waals surface area contributed by atoms with Crippen LogP contribution >= 0.6 is 0 Å². The Hall–Kier alpha value is -2.09. The molecule has 2 rings (SSSR count). The minimum absolute atomic E-state index is 0.122. The Morgan fingerprint density at radius 3 is 2.43 bits per heavy atom. The highest BCUT2D eigenvalue weighted by molar-refractivity contribution is 5.40. The van der Waals surface area contributed by atoms with Gasteiger partial charge in [0, 0.05) is 5.92 Å². The highest BCUT2D eigenvalue weighted by atomic mass is 19.1. The van der Waals surface area contributed by atoms with Crippen LogP contribution in [0.4, 0.5) is 4.39 Å². The third-order valence-corrected chi connectivity index (χ3v) is 4.06. The summed E-state index contributed by atoms with van der Waals surface area (Å²) in [6.07, 6.45) is 2.87. The molecule has 1 unspecified atom stereocenters. The minimum atomic E-state index is -0.122. The average molecular weight is 312 g/mol. The largest absolute Gasteiger partial charge is 0.497 e. The molecule has 2 aromatic carbocycles. The van der Waals surface area contributed by atoms with Crippen LogP contribution in [0.15, 0.2) is 48.0 Å². The van der Waals surface area contributed by atoms with Crippen molar-refractivity contribution < 1.29 is 9.13 Å². The summed E-state index contributed by atoms with van der Waals surface area (Å²) in [5.41, 5.74) is 5.32. The molecule has 0 aliphatic heterocycles. The van der Waals surface area contributed by atoms with Gasteiger partial charge in [-0.3, -0.25) is 0 Å². The lowest BCUT2D eigenvalue weighted by Gasteiger charge is -2.18. The van der Waals surface area contributed by atoms with Crippen molar-refractivity contribution in [1.29, 1.82) is 0 Å². The number of benzene rings is 2. The number of hydrogen-bond donors (Lipinski definition) is 0. The van der Waals surface area contributed by atoms with Gasteiger partial charge in [0.15, 0.2) is 0 Å². The number of ether oxygens (including phenoxy) is 1. The average Bonchev–Trinajstić information content (AvgIpc) is 2.48. The summed E-state index contributed by atoms with van der Waals surface area (Å²) in [7, 11) is 1.67. The molecule has 122 valence electrons. The van der Waals surface area contributed by atoms with Gasteiger partial charge in [-0.05, 0) is 74.6 Å². The van der Waals surface area contributed by atoms with Crippen molar-refractivity contribution in [2.24, 2.45) is 0 Å². The zero-order valence-corrected chi connectivity index (χ0v) is 14.6. The summed E-state index contributed by atoms with van der Waals surface area (Å²) in [6.45, 7) is 8.15. The van der Waals surface area contributed by atoms with Crippen molar-refractivity contribution in [3.63, 3.8) is 0 Å². The number of aryl methyl sites for hydroxylation is 2. The highest BCUT2D eigenvalue weighted by Crippen LogP contribution is 2.30. The molecule has 2 heteroatoms. The minimum Gasteiger partial charge on any atom is -0.497 e. The van der Waals surface area contributed by atoms with Crippen LogP contribution in [-0.4, -0.2) is 7.11 Å². The molecule has 1 nitrogen and oxygen atoms in total. The van der Waals surface area contributed by atoms with Gasteiger partial charge < -0.3 is 4.74 Å². The molecule has 0 aliphatic carbocycles. The maximum atomic E-state index is 14.2. The zero-order chi connectivity index (χ0) is 17.0. The lowest BCUT2D eigenvalue weighted by atomic mass is 9.87. The van der Waals surface area contributed by atoms with E-state index in [4.69, 9.17) is 4.74 Å². The van der Waals surface area contributed by atoms with Crippen molar-refractivity contribution in [3.05, 3.63) is 76.1 Å². The first kappa shape index (κ1) is 17.3. The molecule has 0 bridgehead atoms. The van der Waals surface area contributed by atoms with E-state index in [0.29, 0.717) is 6.42 Å². The topological polar surface area (TPSA) is 9.23 Å². The maximum absolute atomic E-state index is 14.2. The molecule has 0 amide bonds. The fourth-order valence-electron chi connectivity index (χ4n) is 2.91. The Morgan fingerprint density at radius 1 is 1.13 bits per heavy atom. The van der Waals surface area contributed by atoms with Crippen LogP contribution in [0.2, 0.25) is 0 Å². The number of allylic oxidation sites excluding steroid dienone is 2. The highest BCUT2D eigenvalue weighted by Gasteiger charge is 2.15. The van der Waals surface area contributed by atoms with Gasteiger partial charge in [-0.25, -0.2) is 4.39 Å². The van der Waals surface area contributed by atoms with Gasteiger partial charge in [-0.1, -0.05) is 29.8 Å². The molecule has 0 fully saturated rings. The predicted octanol–water partition coefficient (Wildman–Crippen LogP) is 5.74. The second-order valence-electron chi connectivity index (χ2n) is 6.37. The molecule has 2 aromatic rings. The van der Waals surface area contributed by atoms with Crippen LogP contribution < -0.4 is 4.74 Å². The lowest BCUT2D eigenvalue weighted by molar-refractivity contribution is 0.414. The summed E-state index contributed by atoms with van der Waals surface area (Å²) < 4.78 is 19.5. The SMILES string of the molecule is COc1ccc(C(C=C(C)C)Cc2ccc(C)cc2F)c(C)c1. The van der Waals surface area contributed by atoms with Gasteiger partial charge in [0.05, 0.1) is 7.11 Å². The first-order valence-corrected chi connectivity index (χ1v) is 7.95. The van der Waals surface area contributed by atoms with Crippen LogP contribution in [0, 0.1) is 19.7 Å². The third kappa shape index (κ3) is 4.44. The number of hydrogen-bond acceptors (Lipinski definition) is 1. The monoisotopic (exact) mass is 312 g/mol. The molecular formula is C21H25FO. The van der Waals surface area contributed by atoms with Gasteiger partial charge in [0.1, 0.15) is 11.6 Å².